The minimum Gasteiger partial charge on any atom is -0.493 e. The lowest BCUT2D eigenvalue weighted by Crippen LogP contribution is -2.26. The Balaban J connectivity index is 1.65. The largest absolute Gasteiger partial charge is 0.493 e. The minimum absolute atomic E-state index is 0.321. The Morgan fingerprint density at radius 3 is 2.88 bits per heavy atom. The van der Waals surface area contributed by atoms with E-state index in [1.807, 2.05) is 36.4 Å². The molecule has 0 spiro atoms. The summed E-state index contributed by atoms with van der Waals surface area (Å²) < 4.78 is 17.2. The molecule has 1 aliphatic rings. The molecule has 0 unspecified atom stereocenters. The maximum Gasteiger partial charge on any atom is 0.166 e. The number of para-hydroxylation sites is 1. The number of methoxy groups -OCH3 is 1. The van der Waals surface area contributed by atoms with Gasteiger partial charge >= 0.3 is 0 Å². The lowest BCUT2D eigenvalue weighted by atomic mass is 10.1. The van der Waals surface area contributed by atoms with Crippen LogP contribution in [0.1, 0.15) is 24.0 Å². The van der Waals surface area contributed by atoms with E-state index >= 15 is 0 Å². The first-order chi connectivity index (χ1) is 12.3. The van der Waals surface area contributed by atoms with Crippen LogP contribution in [0.4, 0.5) is 0 Å². The lowest BCUT2D eigenvalue weighted by Gasteiger charge is -2.17. The van der Waals surface area contributed by atoms with E-state index in [9.17, 15) is 0 Å². The van der Waals surface area contributed by atoms with Crippen LogP contribution in [0.2, 0.25) is 5.02 Å². The molecule has 0 amide bonds. The topological polar surface area (TPSA) is 39.7 Å². The smallest absolute Gasteiger partial charge is 0.166 e. The van der Waals surface area contributed by atoms with Crippen LogP contribution in [-0.4, -0.2) is 26.4 Å². The highest BCUT2D eigenvalue weighted by atomic mass is 35.5. The van der Waals surface area contributed by atoms with Crippen molar-refractivity contribution in [3.05, 3.63) is 58.6 Å². The summed E-state index contributed by atoms with van der Waals surface area (Å²) in [6, 6.07) is 13.6. The van der Waals surface area contributed by atoms with E-state index < -0.39 is 0 Å². The molecule has 1 N–H and O–H groups in total. The molecule has 0 saturated carbocycles. The first-order valence-corrected chi connectivity index (χ1v) is 8.99. The second-order valence-corrected chi connectivity index (χ2v) is 6.57. The van der Waals surface area contributed by atoms with Gasteiger partial charge in [0.2, 0.25) is 0 Å². The van der Waals surface area contributed by atoms with Crippen molar-refractivity contribution in [2.45, 2.75) is 32.1 Å². The molecule has 3 rings (SSSR count). The van der Waals surface area contributed by atoms with Gasteiger partial charge < -0.3 is 19.5 Å². The zero-order valence-electron chi connectivity index (χ0n) is 14.5. The molecule has 5 heteroatoms. The summed E-state index contributed by atoms with van der Waals surface area (Å²) in [7, 11) is 1.66. The number of halogens is 1. The fourth-order valence-corrected chi connectivity index (χ4v) is 3.19. The van der Waals surface area contributed by atoms with Crippen molar-refractivity contribution in [2.75, 3.05) is 20.3 Å². The summed E-state index contributed by atoms with van der Waals surface area (Å²) >= 11 is 6.05. The van der Waals surface area contributed by atoms with Gasteiger partial charge in [-0.25, -0.2) is 0 Å². The van der Waals surface area contributed by atoms with Gasteiger partial charge in [-0.2, -0.15) is 0 Å². The Kier molecular flexibility index (Phi) is 6.56. The van der Waals surface area contributed by atoms with E-state index in [4.69, 9.17) is 25.8 Å². The monoisotopic (exact) mass is 361 g/mol. The third-order valence-corrected chi connectivity index (χ3v) is 4.50. The Morgan fingerprint density at radius 2 is 2.12 bits per heavy atom. The summed E-state index contributed by atoms with van der Waals surface area (Å²) in [5, 5.41) is 4.17. The molecule has 134 valence electrons. The summed E-state index contributed by atoms with van der Waals surface area (Å²) in [6.07, 6.45) is 2.60. The van der Waals surface area contributed by atoms with Crippen molar-refractivity contribution < 1.29 is 14.2 Å². The second kappa shape index (κ2) is 9.09. The molecule has 1 fully saturated rings. The number of nitrogens with one attached hydrogen (secondary N) is 1. The molecular formula is C20H24ClNO3. The van der Waals surface area contributed by atoms with E-state index in [1.165, 1.54) is 0 Å². The van der Waals surface area contributed by atoms with Gasteiger partial charge in [-0.3, -0.25) is 0 Å². The molecule has 1 aliphatic heterocycles. The zero-order valence-corrected chi connectivity index (χ0v) is 15.2. The Bertz CT molecular complexity index is 686. The molecule has 0 bridgehead atoms. The summed E-state index contributed by atoms with van der Waals surface area (Å²) in [4.78, 5) is 0. The SMILES string of the molecule is COc1cccc(CNC[C@H]2CCCO2)c1OCc1cccc(Cl)c1. The summed E-state index contributed by atoms with van der Waals surface area (Å²) in [5.74, 6) is 1.50. The highest BCUT2D eigenvalue weighted by molar-refractivity contribution is 6.30. The molecule has 25 heavy (non-hydrogen) atoms. The van der Waals surface area contributed by atoms with Crippen molar-refractivity contribution >= 4 is 11.6 Å². The molecule has 1 saturated heterocycles. The van der Waals surface area contributed by atoms with Crippen molar-refractivity contribution in [1.82, 2.24) is 5.32 Å². The molecule has 0 aliphatic carbocycles. The van der Waals surface area contributed by atoms with Gasteiger partial charge in [0.15, 0.2) is 11.5 Å². The standard InChI is InChI=1S/C20H24ClNO3/c1-23-19-9-3-6-16(12-22-13-18-8-4-10-24-18)20(19)25-14-15-5-2-7-17(21)11-15/h2-3,5-7,9,11,18,22H,4,8,10,12-14H2,1H3/t18-/m1/s1. The molecule has 2 aromatic rings. The fourth-order valence-electron chi connectivity index (χ4n) is 2.98. The summed E-state index contributed by atoms with van der Waals surface area (Å²) in [6.45, 7) is 2.88. The predicted molar refractivity (Wildman–Crippen MR) is 99.5 cm³/mol. The lowest BCUT2D eigenvalue weighted by molar-refractivity contribution is 0.110. The number of hydrogen-bond acceptors (Lipinski definition) is 4. The van der Waals surface area contributed by atoms with Crippen molar-refractivity contribution in [3.63, 3.8) is 0 Å². The number of hydrogen-bond donors (Lipinski definition) is 1. The third-order valence-electron chi connectivity index (χ3n) is 4.26. The molecule has 0 aromatic heterocycles. The Morgan fingerprint density at radius 1 is 1.24 bits per heavy atom. The predicted octanol–water partition coefficient (Wildman–Crippen LogP) is 4.20. The van der Waals surface area contributed by atoms with Gasteiger partial charge in [-0.1, -0.05) is 35.9 Å². The van der Waals surface area contributed by atoms with Crippen molar-refractivity contribution in [3.8, 4) is 11.5 Å². The van der Waals surface area contributed by atoms with Gasteiger partial charge in [-0.15, -0.1) is 0 Å². The van der Waals surface area contributed by atoms with E-state index in [0.717, 1.165) is 48.6 Å². The maximum atomic E-state index is 6.07. The number of rotatable bonds is 8. The normalized spacial score (nSPS) is 16.8. The highest BCUT2D eigenvalue weighted by Crippen LogP contribution is 2.32. The van der Waals surface area contributed by atoms with Crippen LogP contribution in [0.15, 0.2) is 42.5 Å². The molecule has 0 radical (unpaired) electrons. The van der Waals surface area contributed by atoms with Gasteiger partial charge in [0.1, 0.15) is 6.61 Å². The van der Waals surface area contributed by atoms with E-state index in [2.05, 4.69) is 11.4 Å². The average Bonchev–Trinajstić information content (AvgIpc) is 3.14. The van der Waals surface area contributed by atoms with Crippen LogP contribution in [-0.2, 0) is 17.9 Å². The molecule has 1 heterocycles. The molecule has 1 atom stereocenters. The minimum atomic E-state index is 0.321. The quantitative estimate of drug-likeness (QED) is 0.765. The van der Waals surface area contributed by atoms with Gasteiger partial charge in [0.25, 0.3) is 0 Å². The number of benzene rings is 2. The van der Waals surface area contributed by atoms with Gasteiger partial charge in [0.05, 0.1) is 13.2 Å². The van der Waals surface area contributed by atoms with Crippen LogP contribution in [0, 0.1) is 0 Å². The van der Waals surface area contributed by atoms with Crippen LogP contribution in [0.25, 0.3) is 0 Å². The van der Waals surface area contributed by atoms with E-state index in [0.29, 0.717) is 24.3 Å². The fraction of sp³-hybridized carbons (Fsp3) is 0.400. The van der Waals surface area contributed by atoms with Crippen LogP contribution >= 0.6 is 11.6 Å². The Labute approximate surface area is 154 Å². The Hall–Kier alpha value is -1.75. The molecule has 2 aromatic carbocycles. The van der Waals surface area contributed by atoms with Crippen LogP contribution in [0.3, 0.4) is 0 Å². The molecule has 4 nitrogen and oxygen atoms in total. The molecular weight excluding hydrogens is 338 g/mol. The average molecular weight is 362 g/mol. The van der Waals surface area contributed by atoms with Crippen molar-refractivity contribution in [1.29, 1.82) is 0 Å². The van der Waals surface area contributed by atoms with Gasteiger partial charge in [0, 0.05) is 30.3 Å². The number of ether oxygens (including phenoxy) is 3. The summed E-state index contributed by atoms with van der Waals surface area (Å²) in [5.41, 5.74) is 2.09. The first-order valence-electron chi connectivity index (χ1n) is 8.61. The highest BCUT2D eigenvalue weighted by Gasteiger charge is 2.16. The second-order valence-electron chi connectivity index (χ2n) is 6.13. The zero-order chi connectivity index (χ0) is 17.5. The van der Waals surface area contributed by atoms with Crippen LogP contribution < -0.4 is 14.8 Å². The first kappa shape index (κ1) is 18.1. The van der Waals surface area contributed by atoms with Crippen LogP contribution in [0.5, 0.6) is 11.5 Å². The third kappa shape index (κ3) is 5.11. The van der Waals surface area contributed by atoms with Crippen molar-refractivity contribution in [2.24, 2.45) is 0 Å². The van der Waals surface area contributed by atoms with E-state index in [-0.39, 0.29) is 0 Å². The van der Waals surface area contributed by atoms with Gasteiger partial charge in [-0.05, 0) is 36.6 Å². The van der Waals surface area contributed by atoms with E-state index in [1.54, 1.807) is 7.11 Å². The maximum absolute atomic E-state index is 6.07.